The van der Waals surface area contributed by atoms with Gasteiger partial charge in [0.25, 0.3) is 10.0 Å². The largest absolute Gasteiger partial charge is 0.492 e. The third-order valence-corrected chi connectivity index (χ3v) is 6.99. The molecule has 0 fully saturated rings. The second-order valence-electron chi connectivity index (χ2n) is 7.26. The van der Waals surface area contributed by atoms with Crippen LogP contribution < -0.4 is 10.1 Å². The summed E-state index contributed by atoms with van der Waals surface area (Å²) >= 11 is 6.34. The van der Waals surface area contributed by atoms with E-state index in [-0.39, 0.29) is 45.3 Å². The maximum absolute atomic E-state index is 13.7. The van der Waals surface area contributed by atoms with Gasteiger partial charge in [-0.25, -0.2) is 21.6 Å². The van der Waals surface area contributed by atoms with Crippen molar-refractivity contribution in [2.45, 2.75) is 23.7 Å². The molecule has 0 aliphatic carbocycles. The Morgan fingerprint density at radius 1 is 1.27 bits per heavy atom. The Labute approximate surface area is 189 Å². The van der Waals surface area contributed by atoms with Gasteiger partial charge in [-0.3, -0.25) is 5.32 Å². The average Bonchev–Trinajstić information content (AvgIpc) is 2.98. The molecule has 13 heteroatoms. The van der Waals surface area contributed by atoms with Gasteiger partial charge >= 0.3 is 12.1 Å². The predicted molar refractivity (Wildman–Crippen MR) is 109 cm³/mol. The maximum atomic E-state index is 13.7. The summed E-state index contributed by atoms with van der Waals surface area (Å²) in [5, 5.41) is 2.51. The quantitative estimate of drug-likeness (QED) is 0.428. The van der Waals surface area contributed by atoms with Crippen LogP contribution in [0.1, 0.15) is 12.5 Å². The highest BCUT2D eigenvalue weighted by Gasteiger charge is 2.47. The smallest absolute Gasteiger partial charge is 0.491 e. The molecule has 0 amide bonds. The molecule has 0 radical (unpaired) electrons. The molecular weight excluding hydrogens is 492 g/mol. The van der Waals surface area contributed by atoms with Crippen LogP contribution in [0.3, 0.4) is 0 Å². The van der Waals surface area contributed by atoms with E-state index >= 15 is 0 Å². The summed E-state index contributed by atoms with van der Waals surface area (Å²) in [5.74, 6) is -3.19. The van der Waals surface area contributed by atoms with Gasteiger partial charge in [-0.05, 0) is 37.3 Å². The Bertz CT molecular complexity index is 1370. The van der Waals surface area contributed by atoms with E-state index in [4.69, 9.17) is 21.1 Å². The number of rotatable bonds is 3. The zero-order valence-electron chi connectivity index (χ0n) is 16.7. The Balaban J connectivity index is 1.96. The van der Waals surface area contributed by atoms with Crippen LogP contribution in [-0.2, 0) is 25.3 Å². The molecule has 2 aromatic carbocycles. The van der Waals surface area contributed by atoms with E-state index in [9.17, 15) is 30.8 Å². The number of ether oxygens (including phenoxy) is 2. The minimum atomic E-state index is -5.28. The SMILES string of the molecule is CC1(OC(=O)C(F)(F)F)NCCOc2ccc3c(c(Cl)cn3S(=O)(=O)c3cccc(F)c3)c21. The summed E-state index contributed by atoms with van der Waals surface area (Å²) < 4.78 is 90.0. The lowest BCUT2D eigenvalue weighted by Crippen LogP contribution is -2.46. The summed E-state index contributed by atoms with van der Waals surface area (Å²) in [4.78, 5) is 11.3. The summed E-state index contributed by atoms with van der Waals surface area (Å²) in [7, 11) is -4.34. The normalized spacial score (nSPS) is 19.0. The lowest BCUT2D eigenvalue weighted by molar-refractivity contribution is -0.216. The van der Waals surface area contributed by atoms with Gasteiger partial charge in [0.1, 0.15) is 18.2 Å². The van der Waals surface area contributed by atoms with E-state index in [1.54, 1.807) is 0 Å². The second kappa shape index (κ2) is 7.89. The van der Waals surface area contributed by atoms with Crippen molar-refractivity contribution in [3.05, 3.63) is 59.0 Å². The van der Waals surface area contributed by atoms with Crippen molar-refractivity contribution in [3.63, 3.8) is 0 Å². The minimum Gasteiger partial charge on any atom is -0.492 e. The highest BCUT2D eigenvalue weighted by atomic mass is 35.5. The van der Waals surface area contributed by atoms with E-state index in [0.29, 0.717) is 0 Å². The fourth-order valence-electron chi connectivity index (χ4n) is 3.64. The first-order chi connectivity index (χ1) is 15.3. The predicted octanol–water partition coefficient (Wildman–Crippen LogP) is 3.93. The summed E-state index contributed by atoms with van der Waals surface area (Å²) in [6.45, 7) is 1.22. The number of nitrogens with one attached hydrogen (secondary N) is 1. The molecule has 7 nitrogen and oxygen atoms in total. The molecule has 0 spiro atoms. The molecule has 1 aliphatic heterocycles. The summed E-state index contributed by atoms with van der Waals surface area (Å²) in [5.41, 5.74) is -2.19. The van der Waals surface area contributed by atoms with Crippen molar-refractivity contribution in [1.29, 1.82) is 0 Å². The van der Waals surface area contributed by atoms with Crippen molar-refractivity contribution < 1.29 is 40.2 Å². The Morgan fingerprint density at radius 3 is 2.67 bits per heavy atom. The number of carbonyl (C=O) groups excluding carboxylic acids is 1. The van der Waals surface area contributed by atoms with E-state index in [1.807, 2.05) is 0 Å². The fourth-order valence-corrected chi connectivity index (χ4v) is 5.38. The van der Waals surface area contributed by atoms with Crippen LogP contribution in [0.4, 0.5) is 17.6 Å². The number of alkyl halides is 3. The molecule has 0 bridgehead atoms. The number of benzene rings is 2. The van der Waals surface area contributed by atoms with E-state index < -0.39 is 33.7 Å². The average molecular weight is 507 g/mol. The number of nitrogens with zero attached hydrogens (tertiary/aromatic N) is 1. The van der Waals surface area contributed by atoms with Gasteiger partial charge in [-0.15, -0.1) is 0 Å². The number of halogens is 5. The number of carbonyl (C=O) groups is 1. The zero-order valence-corrected chi connectivity index (χ0v) is 18.3. The topological polar surface area (TPSA) is 86.6 Å². The highest BCUT2D eigenvalue weighted by molar-refractivity contribution is 7.90. The Hall–Kier alpha value is -2.83. The molecule has 1 aliphatic rings. The van der Waals surface area contributed by atoms with Gasteiger partial charge in [-0.1, -0.05) is 17.7 Å². The molecule has 0 saturated heterocycles. The molecule has 1 aromatic heterocycles. The lowest BCUT2D eigenvalue weighted by Gasteiger charge is -2.31. The van der Waals surface area contributed by atoms with Gasteiger partial charge in [0.15, 0.2) is 5.72 Å². The van der Waals surface area contributed by atoms with Gasteiger partial charge in [0.2, 0.25) is 0 Å². The third kappa shape index (κ3) is 4.02. The van der Waals surface area contributed by atoms with Crippen LogP contribution in [0, 0.1) is 5.82 Å². The van der Waals surface area contributed by atoms with Crippen molar-refractivity contribution in [1.82, 2.24) is 9.29 Å². The van der Waals surface area contributed by atoms with E-state index in [2.05, 4.69) is 5.32 Å². The van der Waals surface area contributed by atoms with Crippen LogP contribution in [0.5, 0.6) is 5.75 Å². The number of hydrogen-bond acceptors (Lipinski definition) is 6. The standard InChI is InChI=1S/C20H15ClF4N2O5S/c1-19(32-18(28)20(23,24)25)17-15(31-8-7-26-19)6-5-14-16(17)13(21)10-27(14)33(29,30)12-4-2-3-11(22)9-12/h2-6,9-10,26H,7-8H2,1H3. The molecule has 1 unspecified atom stereocenters. The van der Waals surface area contributed by atoms with Crippen molar-refractivity contribution in [3.8, 4) is 5.75 Å². The maximum Gasteiger partial charge on any atom is 0.491 e. The van der Waals surface area contributed by atoms with Gasteiger partial charge in [-0.2, -0.15) is 13.2 Å². The molecular formula is C20H15ClF4N2O5S. The van der Waals surface area contributed by atoms with Gasteiger partial charge in [0.05, 0.1) is 21.0 Å². The first-order valence-electron chi connectivity index (χ1n) is 9.38. The minimum absolute atomic E-state index is 0.0116. The Morgan fingerprint density at radius 2 is 2.00 bits per heavy atom. The number of aromatic nitrogens is 1. The molecule has 1 atom stereocenters. The lowest BCUT2D eigenvalue weighted by atomic mass is 9.98. The van der Waals surface area contributed by atoms with Crippen LogP contribution >= 0.6 is 11.6 Å². The Kier molecular flexibility index (Phi) is 5.58. The number of esters is 1. The van der Waals surface area contributed by atoms with Crippen LogP contribution in [-0.4, -0.2) is 37.7 Å². The van der Waals surface area contributed by atoms with Gasteiger partial charge in [0, 0.05) is 18.1 Å². The molecule has 2 heterocycles. The number of hydrogen-bond donors (Lipinski definition) is 1. The van der Waals surface area contributed by atoms with E-state index in [1.165, 1.54) is 31.2 Å². The molecule has 3 aromatic rings. The van der Waals surface area contributed by atoms with Crippen molar-refractivity contribution >= 4 is 38.5 Å². The second-order valence-corrected chi connectivity index (χ2v) is 9.49. The molecule has 176 valence electrons. The van der Waals surface area contributed by atoms with Crippen LogP contribution in [0.25, 0.3) is 10.9 Å². The summed E-state index contributed by atoms with van der Waals surface area (Å²) in [6, 6.07) is 6.96. The first kappa shape index (κ1) is 23.3. The van der Waals surface area contributed by atoms with Gasteiger partial charge < -0.3 is 9.47 Å². The zero-order chi connectivity index (χ0) is 24.2. The fraction of sp³-hybridized carbons (Fsp3) is 0.250. The summed E-state index contributed by atoms with van der Waals surface area (Å²) in [6.07, 6.45) is -4.24. The van der Waals surface area contributed by atoms with Crippen LogP contribution in [0.15, 0.2) is 47.5 Å². The van der Waals surface area contributed by atoms with Crippen molar-refractivity contribution in [2.75, 3.05) is 13.2 Å². The number of fused-ring (bicyclic) bond motifs is 3. The third-order valence-electron chi connectivity index (χ3n) is 5.03. The molecule has 0 saturated carbocycles. The monoisotopic (exact) mass is 506 g/mol. The first-order valence-corrected chi connectivity index (χ1v) is 11.2. The van der Waals surface area contributed by atoms with E-state index in [0.717, 1.165) is 22.3 Å². The van der Waals surface area contributed by atoms with Crippen molar-refractivity contribution in [2.24, 2.45) is 0 Å². The molecule has 1 N–H and O–H groups in total. The molecule has 4 rings (SSSR count). The highest BCUT2D eigenvalue weighted by Crippen LogP contribution is 2.43. The molecule has 33 heavy (non-hydrogen) atoms. The van der Waals surface area contributed by atoms with Crippen LogP contribution in [0.2, 0.25) is 5.02 Å².